The molecule has 0 fully saturated rings. The third-order valence-electron chi connectivity index (χ3n) is 4.60. The summed E-state index contributed by atoms with van der Waals surface area (Å²) in [5.74, 6) is 0.589. The number of halogens is 2. The lowest BCUT2D eigenvalue weighted by Crippen LogP contribution is -2.23. The van der Waals surface area contributed by atoms with Gasteiger partial charge in [-0.25, -0.2) is 0 Å². The van der Waals surface area contributed by atoms with Gasteiger partial charge in [0.25, 0.3) is 11.8 Å². The second kappa shape index (κ2) is 16.8. The van der Waals surface area contributed by atoms with Crippen LogP contribution in [0, 0.1) is 0 Å². The van der Waals surface area contributed by atoms with Crippen LogP contribution in [0.5, 0.6) is 0 Å². The van der Waals surface area contributed by atoms with Crippen LogP contribution in [0.1, 0.15) is 47.4 Å². The summed E-state index contributed by atoms with van der Waals surface area (Å²) < 4.78 is 5.72. The lowest BCUT2D eigenvalue weighted by molar-refractivity contribution is 0.0945. The van der Waals surface area contributed by atoms with E-state index < -0.39 is 0 Å². The van der Waals surface area contributed by atoms with Crippen molar-refractivity contribution in [2.45, 2.75) is 26.7 Å². The molecule has 0 bridgehead atoms. The Kier molecular flexibility index (Phi) is 15.4. The lowest BCUT2D eigenvalue weighted by Gasteiger charge is -2.07. The summed E-state index contributed by atoms with van der Waals surface area (Å²) in [5, 5.41) is 8.50. The van der Waals surface area contributed by atoms with E-state index in [2.05, 4.69) is 16.0 Å². The van der Waals surface area contributed by atoms with E-state index in [0.29, 0.717) is 24.2 Å². The van der Waals surface area contributed by atoms with Crippen molar-refractivity contribution in [3.8, 4) is 22.5 Å². The van der Waals surface area contributed by atoms with Gasteiger partial charge in [-0.2, -0.15) is 0 Å². The zero-order valence-electron chi connectivity index (χ0n) is 20.1. The summed E-state index contributed by atoms with van der Waals surface area (Å²) in [4.78, 5) is 24.2. The molecule has 3 aromatic rings. The summed E-state index contributed by atoms with van der Waals surface area (Å²) in [6.45, 7) is 5.37. The van der Waals surface area contributed by atoms with E-state index in [0.717, 1.165) is 35.3 Å². The van der Waals surface area contributed by atoms with E-state index >= 15 is 0 Å². The summed E-state index contributed by atoms with van der Waals surface area (Å²) >= 11 is 0. The van der Waals surface area contributed by atoms with Crippen molar-refractivity contribution in [3.63, 3.8) is 0 Å². The molecule has 1 aromatic heterocycles. The fourth-order valence-corrected chi connectivity index (χ4v) is 3.02. The molecule has 2 amide bonds. The van der Waals surface area contributed by atoms with Gasteiger partial charge in [-0.05, 0) is 62.8 Å². The van der Waals surface area contributed by atoms with Gasteiger partial charge in [0.1, 0.15) is 5.76 Å². The minimum atomic E-state index is -0.0741. The van der Waals surface area contributed by atoms with E-state index in [1.54, 1.807) is 18.4 Å². The Morgan fingerprint density at radius 2 is 1.12 bits per heavy atom. The Labute approximate surface area is 214 Å². The molecule has 0 saturated heterocycles. The molecule has 0 aliphatic heterocycles. The molecule has 1 heterocycles. The zero-order valence-corrected chi connectivity index (χ0v) is 21.8. The molecular weight excluding hydrogens is 473 g/mol. The predicted octanol–water partition coefficient (Wildman–Crippen LogP) is 5.57. The van der Waals surface area contributed by atoms with Crippen molar-refractivity contribution in [3.05, 3.63) is 72.0 Å². The van der Waals surface area contributed by atoms with Crippen molar-refractivity contribution in [2.24, 2.45) is 0 Å². The van der Waals surface area contributed by atoms with Gasteiger partial charge in [0, 0.05) is 35.3 Å². The van der Waals surface area contributed by atoms with Gasteiger partial charge in [0.05, 0.1) is 6.26 Å². The van der Waals surface area contributed by atoms with Crippen LogP contribution in [0.4, 0.5) is 0 Å². The molecule has 8 heteroatoms. The Bertz CT molecular complexity index is 909. The van der Waals surface area contributed by atoms with E-state index in [1.165, 1.54) is 0 Å². The van der Waals surface area contributed by atoms with Gasteiger partial charge < -0.3 is 20.4 Å². The Hall–Kier alpha value is -2.80. The van der Waals surface area contributed by atoms with Crippen LogP contribution < -0.4 is 16.0 Å². The molecule has 34 heavy (non-hydrogen) atoms. The third-order valence-corrected chi connectivity index (χ3v) is 4.60. The van der Waals surface area contributed by atoms with Crippen LogP contribution in [-0.4, -0.2) is 39.0 Å². The maximum atomic E-state index is 12.1. The van der Waals surface area contributed by atoms with E-state index in [1.807, 2.05) is 70.4 Å². The second-order valence-electron chi connectivity index (χ2n) is 7.33. The van der Waals surface area contributed by atoms with Gasteiger partial charge in [-0.1, -0.05) is 38.1 Å². The number of hydrogen-bond donors (Lipinski definition) is 3. The van der Waals surface area contributed by atoms with Gasteiger partial charge in [0.15, 0.2) is 0 Å². The number of carbonyl (C=O) groups excluding carboxylic acids is 2. The minimum Gasteiger partial charge on any atom is -0.464 e. The lowest BCUT2D eigenvalue weighted by atomic mass is 10.00. The average Bonchev–Trinajstić information content (AvgIpc) is 3.31. The van der Waals surface area contributed by atoms with E-state index in [9.17, 15) is 9.59 Å². The van der Waals surface area contributed by atoms with Crippen LogP contribution in [-0.2, 0) is 0 Å². The summed E-state index contributed by atoms with van der Waals surface area (Å²) in [6, 6.07) is 16.7. The van der Waals surface area contributed by atoms with Crippen molar-refractivity contribution in [2.75, 3.05) is 27.2 Å². The topological polar surface area (TPSA) is 83.4 Å². The van der Waals surface area contributed by atoms with Crippen LogP contribution in [0.15, 0.2) is 65.3 Å². The largest absolute Gasteiger partial charge is 0.464 e. The molecule has 2 aromatic carbocycles. The molecule has 0 aliphatic carbocycles. The minimum absolute atomic E-state index is 0. The first-order chi connectivity index (χ1) is 15.5. The molecule has 0 unspecified atom stereocenters. The fourth-order valence-electron chi connectivity index (χ4n) is 3.02. The second-order valence-corrected chi connectivity index (χ2v) is 7.33. The fraction of sp³-hybridized carbons (Fsp3) is 0.308. The van der Waals surface area contributed by atoms with Crippen molar-refractivity contribution < 1.29 is 14.0 Å². The number of carbonyl (C=O) groups is 2. The molecule has 0 aliphatic rings. The first-order valence-electron chi connectivity index (χ1n) is 11.0. The van der Waals surface area contributed by atoms with Gasteiger partial charge in [-0.3, -0.25) is 9.59 Å². The average molecular weight is 508 g/mol. The monoisotopic (exact) mass is 507 g/mol. The Morgan fingerprint density at radius 3 is 1.53 bits per heavy atom. The number of hydrogen-bond acceptors (Lipinski definition) is 4. The SMILES string of the molecule is CCCNC(=O)c1ccc(-c2ccoc2-c2ccc(C(=O)NCCC)cc2)cc1.CNC.Cl.Cl. The number of furan rings is 1. The van der Waals surface area contributed by atoms with Gasteiger partial charge >= 0.3 is 0 Å². The summed E-state index contributed by atoms with van der Waals surface area (Å²) in [5.41, 5.74) is 4.05. The standard InChI is InChI=1S/C24H26N2O3.C2H7N.2ClH/c1-3-14-25-23(27)19-9-5-17(6-10-19)21-13-16-29-22(21)18-7-11-20(12-8-18)24(28)26-15-4-2;1-3-2;;/h5-13,16H,3-4,14-15H2,1-2H3,(H,25,27)(H,26,28);3H,1-2H3;2*1H. The Morgan fingerprint density at radius 1 is 0.706 bits per heavy atom. The highest BCUT2D eigenvalue weighted by molar-refractivity contribution is 5.96. The summed E-state index contributed by atoms with van der Waals surface area (Å²) in [6.07, 6.45) is 3.45. The number of benzene rings is 2. The first-order valence-corrected chi connectivity index (χ1v) is 11.0. The quantitative estimate of drug-likeness (QED) is 0.371. The normalized spacial score (nSPS) is 9.53. The molecule has 3 N–H and O–H groups in total. The molecule has 3 rings (SSSR count). The van der Waals surface area contributed by atoms with Gasteiger partial charge in [-0.15, -0.1) is 24.8 Å². The van der Waals surface area contributed by atoms with Crippen LogP contribution in [0.25, 0.3) is 22.5 Å². The molecular formula is C26H35Cl2N3O3. The molecule has 186 valence electrons. The van der Waals surface area contributed by atoms with E-state index in [-0.39, 0.29) is 36.6 Å². The van der Waals surface area contributed by atoms with Crippen LogP contribution >= 0.6 is 24.8 Å². The molecule has 0 spiro atoms. The number of nitrogens with one attached hydrogen (secondary N) is 3. The van der Waals surface area contributed by atoms with Gasteiger partial charge in [0.2, 0.25) is 0 Å². The van der Waals surface area contributed by atoms with Crippen molar-refractivity contribution in [1.82, 2.24) is 16.0 Å². The highest BCUT2D eigenvalue weighted by Gasteiger charge is 2.13. The van der Waals surface area contributed by atoms with Crippen LogP contribution in [0.2, 0.25) is 0 Å². The smallest absolute Gasteiger partial charge is 0.251 e. The molecule has 0 atom stereocenters. The van der Waals surface area contributed by atoms with Crippen LogP contribution in [0.3, 0.4) is 0 Å². The van der Waals surface area contributed by atoms with E-state index in [4.69, 9.17) is 4.42 Å². The van der Waals surface area contributed by atoms with Crippen molar-refractivity contribution in [1.29, 1.82) is 0 Å². The molecule has 6 nitrogen and oxygen atoms in total. The maximum absolute atomic E-state index is 12.1. The highest BCUT2D eigenvalue weighted by Crippen LogP contribution is 2.33. The predicted molar refractivity (Wildman–Crippen MR) is 144 cm³/mol. The highest BCUT2D eigenvalue weighted by atomic mass is 35.5. The summed E-state index contributed by atoms with van der Waals surface area (Å²) in [7, 11) is 3.75. The number of amides is 2. The zero-order chi connectivity index (χ0) is 23.3. The molecule has 0 radical (unpaired) electrons. The Balaban J connectivity index is 0.00000207. The van der Waals surface area contributed by atoms with Crippen molar-refractivity contribution >= 4 is 36.6 Å². The molecule has 0 saturated carbocycles. The first kappa shape index (κ1) is 31.2. The third kappa shape index (κ3) is 8.86. The maximum Gasteiger partial charge on any atom is 0.251 e. The number of rotatable bonds is 8.